The van der Waals surface area contributed by atoms with E-state index in [2.05, 4.69) is 10.5 Å². The molecule has 0 unspecified atom stereocenters. The normalized spacial score (nSPS) is 10.8. The van der Waals surface area contributed by atoms with E-state index in [-0.39, 0.29) is 24.1 Å². The summed E-state index contributed by atoms with van der Waals surface area (Å²) in [6.45, 7) is 5.28. The van der Waals surface area contributed by atoms with Gasteiger partial charge < -0.3 is 14.7 Å². The van der Waals surface area contributed by atoms with Crippen molar-refractivity contribution in [2.45, 2.75) is 26.9 Å². The number of hydrogen-bond donors (Lipinski definition) is 1. The molecule has 2 heterocycles. The van der Waals surface area contributed by atoms with E-state index in [4.69, 9.17) is 4.52 Å². The van der Waals surface area contributed by atoms with E-state index >= 15 is 0 Å². The molecule has 3 aromatic rings. The zero-order chi connectivity index (χ0) is 19.9. The molecular weight excluding hydrogens is 374 g/mol. The van der Waals surface area contributed by atoms with E-state index in [9.17, 15) is 9.59 Å². The van der Waals surface area contributed by atoms with Crippen LogP contribution in [0.4, 0.5) is 0 Å². The van der Waals surface area contributed by atoms with Crippen LogP contribution in [-0.2, 0) is 13.1 Å². The first-order chi connectivity index (χ1) is 13.5. The summed E-state index contributed by atoms with van der Waals surface area (Å²) in [5.41, 5.74) is 1.24. The predicted molar refractivity (Wildman–Crippen MR) is 108 cm³/mol. The molecule has 1 aromatic carbocycles. The molecule has 0 radical (unpaired) electrons. The standard InChI is InChI=1S/C21H23N3O3S/c1-15(2)12-22-20(25)18-11-17(27-23-18)14-24(13-16-7-4-3-5-8-16)21(26)19-9-6-10-28-19/h3-11,15H,12-14H2,1-2H3,(H,22,25). The van der Waals surface area contributed by atoms with E-state index in [1.807, 2.05) is 55.6 Å². The lowest BCUT2D eigenvalue weighted by Gasteiger charge is -2.21. The van der Waals surface area contributed by atoms with Crippen molar-refractivity contribution < 1.29 is 14.1 Å². The highest BCUT2D eigenvalue weighted by Crippen LogP contribution is 2.18. The minimum Gasteiger partial charge on any atom is -0.359 e. The van der Waals surface area contributed by atoms with Crippen molar-refractivity contribution in [1.29, 1.82) is 0 Å². The van der Waals surface area contributed by atoms with Crippen LogP contribution in [0.25, 0.3) is 0 Å². The second kappa shape index (κ2) is 9.32. The maximum absolute atomic E-state index is 12.9. The summed E-state index contributed by atoms with van der Waals surface area (Å²) in [4.78, 5) is 27.4. The van der Waals surface area contributed by atoms with Crippen LogP contribution < -0.4 is 5.32 Å². The lowest BCUT2D eigenvalue weighted by molar-refractivity contribution is 0.0718. The molecular formula is C21H23N3O3S. The number of rotatable bonds is 8. The Kier molecular flexibility index (Phi) is 6.60. The molecule has 0 saturated heterocycles. The number of hydrogen-bond acceptors (Lipinski definition) is 5. The second-order valence-corrected chi connectivity index (χ2v) is 7.85. The van der Waals surface area contributed by atoms with Crippen LogP contribution in [0.1, 0.15) is 45.3 Å². The van der Waals surface area contributed by atoms with E-state index in [0.29, 0.717) is 29.6 Å². The average Bonchev–Trinajstić information content (AvgIpc) is 3.38. The SMILES string of the molecule is CC(C)CNC(=O)c1cc(CN(Cc2ccccc2)C(=O)c2cccs2)on1. The number of carbonyl (C=O) groups is 2. The summed E-state index contributed by atoms with van der Waals surface area (Å²) in [5.74, 6) is 0.458. The fourth-order valence-electron chi connectivity index (χ4n) is 2.63. The monoisotopic (exact) mass is 397 g/mol. The van der Waals surface area contributed by atoms with Gasteiger partial charge in [0.2, 0.25) is 0 Å². The van der Waals surface area contributed by atoms with Crippen LogP contribution in [0.15, 0.2) is 58.4 Å². The molecule has 2 amide bonds. The summed E-state index contributed by atoms with van der Waals surface area (Å²) >= 11 is 1.40. The van der Waals surface area contributed by atoms with Gasteiger partial charge in [0.1, 0.15) is 0 Å². The number of benzene rings is 1. The van der Waals surface area contributed by atoms with Crippen LogP contribution in [0.3, 0.4) is 0 Å². The third-order valence-electron chi connectivity index (χ3n) is 4.04. The van der Waals surface area contributed by atoms with Crippen molar-refractivity contribution in [2.75, 3.05) is 6.54 Å². The molecule has 1 N–H and O–H groups in total. The molecule has 2 aromatic heterocycles. The van der Waals surface area contributed by atoms with Crippen molar-refractivity contribution in [3.63, 3.8) is 0 Å². The van der Waals surface area contributed by atoms with Crippen molar-refractivity contribution in [3.8, 4) is 0 Å². The van der Waals surface area contributed by atoms with Crippen LogP contribution in [0.2, 0.25) is 0 Å². The third kappa shape index (κ3) is 5.29. The Labute approximate surface area is 168 Å². The second-order valence-electron chi connectivity index (χ2n) is 6.91. The van der Waals surface area contributed by atoms with Gasteiger partial charge in [0, 0.05) is 19.2 Å². The molecule has 0 atom stereocenters. The number of aromatic nitrogens is 1. The largest absolute Gasteiger partial charge is 0.359 e. The fourth-order valence-corrected chi connectivity index (χ4v) is 3.32. The zero-order valence-electron chi connectivity index (χ0n) is 15.9. The molecule has 0 aliphatic carbocycles. The summed E-state index contributed by atoms with van der Waals surface area (Å²) in [5, 5.41) is 8.54. The van der Waals surface area contributed by atoms with Crippen molar-refractivity contribution >= 4 is 23.2 Å². The Hall–Kier alpha value is -2.93. The van der Waals surface area contributed by atoms with E-state index < -0.39 is 0 Å². The van der Waals surface area contributed by atoms with Gasteiger partial charge in [-0.15, -0.1) is 11.3 Å². The molecule has 7 heteroatoms. The van der Waals surface area contributed by atoms with Gasteiger partial charge in [-0.1, -0.05) is 55.4 Å². The van der Waals surface area contributed by atoms with Crippen LogP contribution in [-0.4, -0.2) is 28.4 Å². The number of amides is 2. The molecule has 6 nitrogen and oxygen atoms in total. The Morgan fingerprint density at radius 3 is 2.61 bits per heavy atom. The van der Waals surface area contributed by atoms with E-state index in [0.717, 1.165) is 5.56 Å². The highest BCUT2D eigenvalue weighted by Gasteiger charge is 2.21. The predicted octanol–water partition coefficient (Wildman–Crippen LogP) is 3.96. The smallest absolute Gasteiger partial charge is 0.273 e. The minimum atomic E-state index is -0.275. The number of nitrogens with one attached hydrogen (secondary N) is 1. The van der Waals surface area contributed by atoms with Crippen molar-refractivity contribution in [3.05, 3.63) is 75.8 Å². The molecule has 28 heavy (non-hydrogen) atoms. The molecule has 0 saturated carbocycles. The van der Waals surface area contributed by atoms with E-state index in [1.54, 1.807) is 17.0 Å². The quantitative estimate of drug-likeness (QED) is 0.624. The lowest BCUT2D eigenvalue weighted by Crippen LogP contribution is -2.29. The Morgan fingerprint density at radius 1 is 1.14 bits per heavy atom. The fraction of sp³-hybridized carbons (Fsp3) is 0.286. The van der Waals surface area contributed by atoms with Crippen molar-refractivity contribution in [1.82, 2.24) is 15.4 Å². The lowest BCUT2D eigenvalue weighted by atomic mass is 10.2. The topological polar surface area (TPSA) is 75.4 Å². The Morgan fingerprint density at radius 2 is 1.93 bits per heavy atom. The summed E-state index contributed by atoms with van der Waals surface area (Å²) < 4.78 is 5.33. The van der Waals surface area contributed by atoms with E-state index in [1.165, 1.54) is 11.3 Å². The molecule has 146 valence electrons. The molecule has 0 fully saturated rings. The Balaban J connectivity index is 1.74. The molecule has 0 aliphatic rings. The summed E-state index contributed by atoms with van der Waals surface area (Å²) in [6, 6.07) is 15.0. The molecule has 0 spiro atoms. The Bertz CT molecular complexity index is 904. The van der Waals surface area contributed by atoms with Gasteiger partial charge in [0.15, 0.2) is 11.5 Å². The van der Waals surface area contributed by atoms with Gasteiger partial charge in [-0.05, 0) is 22.9 Å². The van der Waals surface area contributed by atoms with Gasteiger partial charge in [0.25, 0.3) is 11.8 Å². The summed E-state index contributed by atoms with van der Waals surface area (Å²) in [7, 11) is 0. The van der Waals surface area contributed by atoms with Gasteiger partial charge in [-0.2, -0.15) is 0 Å². The highest BCUT2D eigenvalue weighted by molar-refractivity contribution is 7.12. The van der Waals surface area contributed by atoms with Gasteiger partial charge in [0.05, 0.1) is 11.4 Å². The zero-order valence-corrected chi connectivity index (χ0v) is 16.7. The van der Waals surface area contributed by atoms with Crippen molar-refractivity contribution in [2.24, 2.45) is 5.92 Å². The highest BCUT2D eigenvalue weighted by atomic mass is 32.1. The van der Waals surface area contributed by atoms with Crippen LogP contribution in [0.5, 0.6) is 0 Å². The maximum atomic E-state index is 12.9. The first-order valence-corrected chi connectivity index (χ1v) is 10.0. The van der Waals surface area contributed by atoms with Gasteiger partial charge >= 0.3 is 0 Å². The number of carbonyl (C=O) groups excluding carboxylic acids is 2. The minimum absolute atomic E-state index is 0.0823. The van der Waals surface area contributed by atoms with Crippen LogP contribution >= 0.6 is 11.3 Å². The van der Waals surface area contributed by atoms with Gasteiger partial charge in [-0.25, -0.2) is 0 Å². The first-order valence-electron chi connectivity index (χ1n) is 9.13. The average molecular weight is 398 g/mol. The molecule has 0 bridgehead atoms. The maximum Gasteiger partial charge on any atom is 0.273 e. The summed E-state index contributed by atoms with van der Waals surface area (Å²) in [6.07, 6.45) is 0. The molecule has 3 rings (SSSR count). The third-order valence-corrected chi connectivity index (χ3v) is 4.90. The number of nitrogens with zero attached hydrogens (tertiary/aromatic N) is 2. The first kappa shape index (κ1) is 19.8. The van der Waals surface area contributed by atoms with Crippen LogP contribution in [0, 0.1) is 5.92 Å². The van der Waals surface area contributed by atoms with Gasteiger partial charge in [-0.3, -0.25) is 9.59 Å². The molecule has 0 aliphatic heterocycles. The number of thiophene rings is 1.